The van der Waals surface area contributed by atoms with E-state index in [0.717, 1.165) is 38.1 Å². The van der Waals surface area contributed by atoms with E-state index in [1.165, 1.54) is 24.3 Å². The fourth-order valence-corrected chi connectivity index (χ4v) is 3.30. The third-order valence-corrected chi connectivity index (χ3v) is 4.84. The van der Waals surface area contributed by atoms with Crippen molar-refractivity contribution in [2.75, 3.05) is 25.1 Å². The lowest BCUT2D eigenvalue weighted by atomic mass is 10.1. The maximum atomic E-state index is 12.7. The molecule has 1 aliphatic rings. The van der Waals surface area contributed by atoms with E-state index in [1.807, 2.05) is 11.2 Å². The van der Waals surface area contributed by atoms with Crippen molar-refractivity contribution in [1.82, 2.24) is 10.2 Å². The first-order valence-corrected chi connectivity index (χ1v) is 9.75. The Morgan fingerprint density at radius 2 is 2.04 bits per heavy atom. The van der Waals surface area contributed by atoms with E-state index < -0.39 is 16.9 Å². The number of nitro benzene ring substituents is 1. The second kappa shape index (κ2) is 9.41. The molecule has 1 saturated heterocycles. The monoisotopic (exact) mass is 365 g/mol. The third kappa shape index (κ3) is 5.45. The Labute approximate surface area is 151 Å². The Morgan fingerprint density at radius 3 is 2.68 bits per heavy atom. The molecular formula is C17H23N3O4S. The van der Waals surface area contributed by atoms with Crippen LogP contribution in [-0.4, -0.2) is 52.8 Å². The maximum Gasteiger partial charge on any atom is 0.270 e. The standard InChI is InChI=1S/C17H23N3O4S/c1-25-11-8-15(17(22)19-9-3-2-4-10-19)18-16(21)13-6-5-7-14(12-13)20(23)24/h5-7,12,15H,2-4,8-11H2,1H3,(H,18,21). The average molecular weight is 365 g/mol. The molecule has 25 heavy (non-hydrogen) atoms. The van der Waals surface area contributed by atoms with Gasteiger partial charge in [-0.15, -0.1) is 0 Å². The van der Waals surface area contributed by atoms with Crippen LogP contribution in [0.1, 0.15) is 36.0 Å². The quantitative estimate of drug-likeness (QED) is 0.592. The van der Waals surface area contributed by atoms with Gasteiger partial charge in [-0.05, 0) is 43.8 Å². The molecule has 2 amide bonds. The normalized spacial score (nSPS) is 15.5. The van der Waals surface area contributed by atoms with E-state index in [2.05, 4.69) is 5.32 Å². The van der Waals surface area contributed by atoms with Gasteiger partial charge in [0.15, 0.2) is 0 Å². The SMILES string of the molecule is CSCCC(NC(=O)c1cccc([N+](=O)[O-])c1)C(=O)N1CCCCC1. The number of thioether (sulfide) groups is 1. The molecule has 1 N–H and O–H groups in total. The molecule has 1 aromatic carbocycles. The van der Waals surface area contributed by atoms with Crippen LogP contribution in [0.4, 0.5) is 5.69 Å². The molecule has 1 aromatic rings. The molecule has 1 heterocycles. The minimum absolute atomic E-state index is 0.0625. The predicted octanol–water partition coefficient (Wildman–Crippen LogP) is 2.46. The van der Waals surface area contributed by atoms with Gasteiger partial charge in [-0.2, -0.15) is 11.8 Å². The minimum atomic E-state index is -0.600. The molecule has 7 nitrogen and oxygen atoms in total. The van der Waals surface area contributed by atoms with Gasteiger partial charge in [-0.3, -0.25) is 19.7 Å². The number of amides is 2. The van der Waals surface area contributed by atoms with Crippen molar-refractivity contribution in [1.29, 1.82) is 0 Å². The number of carbonyl (C=O) groups excluding carboxylic acids is 2. The molecule has 0 spiro atoms. The zero-order valence-corrected chi connectivity index (χ0v) is 15.1. The van der Waals surface area contributed by atoms with Crippen molar-refractivity contribution in [2.45, 2.75) is 31.7 Å². The molecule has 0 saturated carbocycles. The van der Waals surface area contributed by atoms with Gasteiger partial charge in [0.25, 0.3) is 11.6 Å². The van der Waals surface area contributed by atoms with Crippen LogP contribution in [0.25, 0.3) is 0 Å². The highest BCUT2D eigenvalue weighted by Crippen LogP contribution is 2.15. The Balaban J connectivity index is 2.09. The average Bonchev–Trinajstić information content (AvgIpc) is 2.65. The highest BCUT2D eigenvalue weighted by molar-refractivity contribution is 7.98. The number of hydrogen-bond acceptors (Lipinski definition) is 5. The van der Waals surface area contributed by atoms with Gasteiger partial charge in [0.1, 0.15) is 6.04 Å². The van der Waals surface area contributed by atoms with E-state index in [4.69, 9.17) is 0 Å². The highest BCUT2D eigenvalue weighted by atomic mass is 32.2. The van der Waals surface area contributed by atoms with E-state index in [-0.39, 0.29) is 17.2 Å². The Bertz CT molecular complexity index is 632. The summed E-state index contributed by atoms with van der Waals surface area (Å²) in [6, 6.07) is 4.94. The molecule has 0 bridgehead atoms. The van der Waals surface area contributed by atoms with Gasteiger partial charge >= 0.3 is 0 Å². The summed E-state index contributed by atoms with van der Waals surface area (Å²) in [5.74, 6) is 0.229. The van der Waals surface area contributed by atoms with Crippen molar-refractivity contribution in [3.8, 4) is 0 Å². The summed E-state index contributed by atoms with van der Waals surface area (Å²) in [7, 11) is 0. The van der Waals surface area contributed by atoms with E-state index in [0.29, 0.717) is 6.42 Å². The van der Waals surface area contributed by atoms with Gasteiger partial charge in [-0.25, -0.2) is 0 Å². The third-order valence-electron chi connectivity index (χ3n) is 4.20. The van der Waals surface area contributed by atoms with Gasteiger partial charge in [0.05, 0.1) is 4.92 Å². The van der Waals surface area contributed by atoms with Crippen LogP contribution in [-0.2, 0) is 4.79 Å². The number of non-ortho nitro benzene ring substituents is 1. The summed E-state index contributed by atoms with van der Waals surface area (Å²) < 4.78 is 0. The molecule has 1 unspecified atom stereocenters. The van der Waals surface area contributed by atoms with Crippen LogP contribution >= 0.6 is 11.8 Å². The molecule has 1 fully saturated rings. The van der Waals surface area contributed by atoms with Crippen LogP contribution in [0.2, 0.25) is 0 Å². The van der Waals surface area contributed by atoms with Crippen LogP contribution < -0.4 is 5.32 Å². The summed E-state index contributed by atoms with van der Waals surface area (Å²) in [4.78, 5) is 37.3. The number of nitrogens with zero attached hydrogens (tertiary/aromatic N) is 2. The molecule has 136 valence electrons. The fraction of sp³-hybridized carbons (Fsp3) is 0.529. The Kier molecular flexibility index (Phi) is 7.24. The topological polar surface area (TPSA) is 92.5 Å². The van der Waals surface area contributed by atoms with Gasteiger partial charge in [0, 0.05) is 30.8 Å². The summed E-state index contributed by atoms with van der Waals surface area (Å²) in [6.45, 7) is 1.45. The van der Waals surface area contributed by atoms with Gasteiger partial charge < -0.3 is 10.2 Å². The van der Waals surface area contributed by atoms with E-state index >= 15 is 0 Å². The number of carbonyl (C=O) groups is 2. The lowest BCUT2D eigenvalue weighted by molar-refractivity contribution is -0.384. The number of piperidine rings is 1. The van der Waals surface area contributed by atoms with Crippen LogP contribution in [0.5, 0.6) is 0 Å². The summed E-state index contributed by atoms with van der Waals surface area (Å²) in [6.07, 6.45) is 5.58. The van der Waals surface area contributed by atoms with Crippen LogP contribution in [0, 0.1) is 10.1 Å². The Morgan fingerprint density at radius 1 is 1.32 bits per heavy atom. The van der Waals surface area contributed by atoms with Gasteiger partial charge in [0.2, 0.25) is 5.91 Å². The number of nitro groups is 1. The zero-order valence-electron chi connectivity index (χ0n) is 14.3. The van der Waals surface area contributed by atoms with Gasteiger partial charge in [-0.1, -0.05) is 6.07 Å². The second-order valence-electron chi connectivity index (χ2n) is 6.00. The molecular weight excluding hydrogens is 342 g/mol. The molecule has 0 aromatic heterocycles. The van der Waals surface area contributed by atoms with Crippen LogP contribution in [0.15, 0.2) is 24.3 Å². The molecule has 0 aliphatic carbocycles. The number of benzene rings is 1. The molecule has 8 heteroatoms. The molecule has 0 radical (unpaired) electrons. The summed E-state index contributed by atoms with van der Waals surface area (Å²) in [5, 5.41) is 13.6. The number of hydrogen-bond donors (Lipinski definition) is 1. The summed E-state index contributed by atoms with van der Waals surface area (Å²) >= 11 is 1.61. The number of rotatable bonds is 7. The highest BCUT2D eigenvalue weighted by Gasteiger charge is 2.27. The largest absolute Gasteiger partial charge is 0.341 e. The van der Waals surface area contributed by atoms with E-state index in [1.54, 1.807) is 11.8 Å². The molecule has 1 aliphatic heterocycles. The second-order valence-corrected chi connectivity index (χ2v) is 6.99. The lowest BCUT2D eigenvalue weighted by Gasteiger charge is -2.30. The van der Waals surface area contributed by atoms with Crippen molar-refractivity contribution in [3.05, 3.63) is 39.9 Å². The summed E-state index contributed by atoms with van der Waals surface area (Å²) in [5.41, 5.74) is 0.0467. The van der Waals surface area contributed by atoms with Crippen molar-refractivity contribution in [3.63, 3.8) is 0 Å². The minimum Gasteiger partial charge on any atom is -0.341 e. The smallest absolute Gasteiger partial charge is 0.270 e. The number of likely N-dealkylation sites (tertiary alicyclic amines) is 1. The maximum absolute atomic E-state index is 12.7. The first-order valence-electron chi connectivity index (χ1n) is 8.36. The number of nitrogens with one attached hydrogen (secondary N) is 1. The fourth-order valence-electron chi connectivity index (χ4n) is 2.83. The van der Waals surface area contributed by atoms with Crippen molar-refractivity contribution in [2.24, 2.45) is 0 Å². The van der Waals surface area contributed by atoms with Crippen molar-refractivity contribution < 1.29 is 14.5 Å². The predicted molar refractivity (Wildman–Crippen MR) is 97.8 cm³/mol. The first-order chi connectivity index (χ1) is 12.0. The first kappa shape index (κ1) is 19.2. The van der Waals surface area contributed by atoms with Crippen LogP contribution in [0.3, 0.4) is 0 Å². The zero-order chi connectivity index (χ0) is 18.2. The molecule has 2 rings (SSSR count). The Hall–Kier alpha value is -2.09. The lowest BCUT2D eigenvalue weighted by Crippen LogP contribution is -2.50. The van der Waals surface area contributed by atoms with Crippen molar-refractivity contribution >= 4 is 29.3 Å². The molecule has 1 atom stereocenters. The van der Waals surface area contributed by atoms with E-state index in [9.17, 15) is 19.7 Å².